The molecule has 1 amide bonds. The van der Waals surface area contributed by atoms with E-state index in [9.17, 15) is 4.79 Å². The number of amides is 1. The molecule has 3 aromatic rings. The van der Waals surface area contributed by atoms with Crippen molar-refractivity contribution in [3.05, 3.63) is 53.8 Å². The van der Waals surface area contributed by atoms with E-state index in [1.807, 2.05) is 42.1 Å². The topological polar surface area (TPSA) is 60.1 Å². The molecule has 0 bridgehead atoms. The largest absolute Gasteiger partial charge is 0.461 e. The first-order valence-corrected chi connectivity index (χ1v) is 8.42. The molecule has 0 spiro atoms. The fourth-order valence-electron chi connectivity index (χ4n) is 3.45. The van der Waals surface area contributed by atoms with Crippen molar-refractivity contribution in [2.24, 2.45) is 7.05 Å². The molecule has 1 aromatic carbocycles. The first-order chi connectivity index (χ1) is 11.7. The summed E-state index contributed by atoms with van der Waals surface area (Å²) in [6, 6.07) is 8.14. The van der Waals surface area contributed by atoms with Crippen LogP contribution in [0.4, 0.5) is 0 Å². The van der Waals surface area contributed by atoms with Crippen LogP contribution in [0.5, 0.6) is 0 Å². The molecule has 2 aromatic heterocycles. The number of imidazole rings is 1. The average Bonchev–Trinajstić information content (AvgIpc) is 3.03. The van der Waals surface area contributed by atoms with Crippen LogP contribution in [0, 0.1) is 0 Å². The zero-order valence-corrected chi connectivity index (χ0v) is 14.0. The molecule has 1 N–H and O–H groups in total. The van der Waals surface area contributed by atoms with Crippen molar-refractivity contribution in [3.63, 3.8) is 0 Å². The van der Waals surface area contributed by atoms with Gasteiger partial charge >= 0.3 is 0 Å². The predicted molar refractivity (Wildman–Crippen MR) is 91.8 cm³/mol. The number of aromatic nitrogens is 2. The van der Waals surface area contributed by atoms with E-state index in [1.165, 1.54) is 5.69 Å². The number of para-hydroxylation sites is 1. The maximum absolute atomic E-state index is 12.5. The molecule has 24 heavy (non-hydrogen) atoms. The molecule has 0 radical (unpaired) electrons. The third-order valence-corrected chi connectivity index (χ3v) is 4.81. The smallest absolute Gasteiger partial charge is 0.224 e. The summed E-state index contributed by atoms with van der Waals surface area (Å²) in [6.07, 6.45) is 5.83. The van der Waals surface area contributed by atoms with Gasteiger partial charge in [0.15, 0.2) is 0 Å². The Kier molecular flexibility index (Phi) is 3.63. The summed E-state index contributed by atoms with van der Waals surface area (Å²) in [5, 5.41) is 4.20. The van der Waals surface area contributed by atoms with Crippen LogP contribution in [-0.2, 0) is 24.7 Å². The molecule has 1 fully saturated rings. The van der Waals surface area contributed by atoms with E-state index in [0.29, 0.717) is 12.3 Å². The van der Waals surface area contributed by atoms with E-state index in [-0.39, 0.29) is 11.9 Å². The quantitative estimate of drug-likeness (QED) is 0.785. The first kappa shape index (κ1) is 15.0. The van der Waals surface area contributed by atoms with E-state index in [2.05, 4.69) is 17.2 Å². The zero-order chi connectivity index (χ0) is 16.7. The van der Waals surface area contributed by atoms with Gasteiger partial charge < -0.3 is 14.3 Å². The highest BCUT2D eigenvalue weighted by Gasteiger charge is 2.41. The standard InChI is InChI=1S/C19H21N3O2/c1-3-17-13(12-6-4-5-7-18(12)24-17)9-19(23)21-15-8-14(15)16-10-20-11-22(16)2/h4-7,10-11,14-15H,3,8-9H2,1-2H3,(H,21,23)/t14-,15-/m1/s1. The number of fused-ring (bicyclic) bond motifs is 1. The molecule has 1 aliphatic carbocycles. The number of hydrogen-bond donors (Lipinski definition) is 1. The molecular weight excluding hydrogens is 302 g/mol. The second kappa shape index (κ2) is 5.82. The van der Waals surface area contributed by atoms with E-state index >= 15 is 0 Å². The minimum absolute atomic E-state index is 0.0610. The Morgan fingerprint density at radius 1 is 1.42 bits per heavy atom. The molecule has 1 aliphatic rings. The number of carbonyl (C=O) groups excluding carboxylic acids is 1. The lowest BCUT2D eigenvalue weighted by molar-refractivity contribution is -0.120. The highest BCUT2D eigenvalue weighted by molar-refractivity contribution is 5.89. The van der Waals surface area contributed by atoms with Gasteiger partial charge in [0.2, 0.25) is 5.91 Å². The summed E-state index contributed by atoms with van der Waals surface area (Å²) in [7, 11) is 1.99. The lowest BCUT2D eigenvalue weighted by atomic mass is 10.1. The third-order valence-electron chi connectivity index (χ3n) is 4.81. The summed E-state index contributed by atoms with van der Waals surface area (Å²) < 4.78 is 7.90. The van der Waals surface area contributed by atoms with E-state index in [1.54, 1.807) is 6.33 Å². The summed E-state index contributed by atoms with van der Waals surface area (Å²) in [5.74, 6) is 1.35. The Bertz CT molecular complexity index is 893. The van der Waals surface area contributed by atoms with Gasteiger partial charge in [-0.05, 0) is 12.5 Å². The second-order valence-corrected chi connectivity index (χ2v) is 6.48. The van der Waals surface area contributed by atoms with Gasteiger partial charge in [0.05, 0.1) is 12.7 Å². The Labute approximate surface area is 140 Å². The number of aryl methyl sites for hydroxylation is 2. The van der Waals surface area contributed by atoms with Crippen LogP contribution in [0.3, 0.4) is 0 Å². The van der Waals surface area contributed by atoms with E-state index < -0.39 is 0 Å². The SMILES string of the molecule is CCc1oc2ccccc2c1CC(=O)N[C@@H]1C[C@H]1c1cncn1C. The predicted octanol–water partition coefficient (Wildman–Crippen LogP) is 2.94. The number of furan rings is 1. The van der Waals surface area contributed by atoms with Crippen LogP contribution < -0.4 is 5.32 Å². The van der Waals surface area contributed by atoms with E-state index in [0.717, 1.165) is 35.1 Å². The van der Waals surface area contributed by atoms with Crippen molar-refractivity contribution in [1.82, 2.24) is 14.9 Å². The highest BCUT2D eigenvalue weighted by Crippen LogP contribution is 2.40. The van der Waals surface area contributed by atoms with Gasteiger partial charge in [0.1, 0.15) is 11.3 Å². The molecule has 0 unspecified atom stereocenters. The molecular formula is C19H21N3O2. The van der Waals surface area contributed by atoms with Gasteiger partial charge in [-0.15, -0.1) is 0 Å². The van der Waals surface area contributed by atoms with Gasteiger partial charge in [-0.25, -0.2) is 4.98 Å². The summed E-state index contributed by atoms with van der Waals surface area (Å²) in [6.45, 7) is 2.05. The number of nitrogens with one attached hydrogen (secondary N) is 1. The van der Waals surface area contributed by atoms with Gasteiger partial charge in [0, 0.05) is 48.3 Å². The van der Waals surface area contributed by atoms with Gasteiger partial charge in [-0.1, -0.05) is 25.1 Å². The van der Waals surface area contributed by atoms with Crippen LogP contribution in [0.2, 0.25) is 0 Å². The van der Waals surface area contributed by atoms with Gasteiger partial charge in [-0.2, -0.15) is 0 Å². The lowest BCUT2D eigenvalue weighted by Crippen LogP contribution is -2.28. The lowest BCUT2D eigenvalue weighted by Gasteiger charge is -2.06. The molecule has 5 nitrogen and oxygen atoms in total. The van der Waals surface area contributed by atoms with Crippen LogP contribution >= 0.6 is 0 Å². The molecule has 2 atom stereocenters. The Hall–Kier alpha value is -2.56. The number of nitrogens with zero attached hydrogens (tertiary/aromatic N) is 2. The normalized spacial score (nSPS) is 19.6. The minimum Gasteiger partial charge on any atom is -0.461 e. The molecule has 0 saturated heterocycles. The van der Waals surface area contributed by atoms with Crippen LogP contribution in [-0.4, -0.2) is 21.5 Å². The number of benzene rings is 1. The number of hydrogen-bond acceptors (Lipinski definition) is 3. The average molecular weight is 323 g/mol. The monoisotopic (exact) mass is 323 g/mol. The van der Waals surface area contributed by atoms with Crippen molar-refractivity contribution in [2.45, 2.75) is 38.1 Å². The number of carbonyl (C=O) groups is 1. The molecule has 2 heterocycles. The van der Waals surface area contributed by atoms with Crippen LogP contribution in [0.25, 0.3) is 11.0 Å². The molecule has 1 saturated carbocycles. The van der Waals surface area contributed by atoms with Crippen molar-refractivity contribution < 1.29 is 9.21 Å². The Morgan fingerprint density at radius 2 is 2.25 bits per heavy atom. The number of rotatable bonds is 5. The van der Waals surface area contributed by atoms with Crippen molar-refractivity contribution in [3.8, 4) is 0 Å². The molecule has 124 valence electrons. The molecule has 4 rings (SSSR count). The summed E-state index contributed by atoms with van der Waals surface area (Å²) in [4.78, 5) is 16.6. The Morgan fingerprint density at radius 3 is 3.00 bits per heavy atom. The Balaban J connectivity index is 1.47. The fraction of sp³-hybridized carbons (Fsp3) is 0.368. The third kappa shape index (κ3) is 2.60. The van der Waals surface area contributed by atoms with E-state index in [4.69, 9.17) is 4.42 Å². The maximum Gasteiger partial charge on any atom is 0.224 e. The van der Waals surface area contributed by atoms with Crippen LogP contribution in [0.15, 0.2) is 41.2 Å². The van der Waals surface area contributed by atoms with Crippen molar-refractivity contribution in [2.75, 3.05) is 0 Å². The highest BCUT2D eigenvalue weighted by atomic mass is 16.3. The summed E-state index contributed by atoms with van der Waals surface area (Å²) >= 11 is 0. The summed E-state index contributed by atoms with van der Waals surface area (Å²) in [5.41, 5.74) is 3.06. The second-order valence-electron chi connectivity index (χ2n) is 6.48. The van der Waals surface area contributed by atoms with Gasteiger partial charge in [-0.3, -0.25) is 4.79 Å². The first-order valence-electron chi connectivity index (χ1n) is 8.42. The minimum atomic E-state index is 0.0610. The zero-order valence-electron chi connectivity index (χ0n) is 14.0. The van der Waals surface area contributed by atoms with Crippen LogP contribution in [0.1, 0.15) is 36.3 Å². The van der Waals surface area contributed by atoms with Crippen molar-refractivity contribution in [1.29, 1.82) is 0 Å². The fourth-order valence-corrected chi connectivity index (χ4v) is 3.45. The van der Waals surface area contributed by atoms with Crippen molar-refractivity contribution >= 4 is 16.9 Å². The molecule has 5 heteroatoms. The maximum atomic E-state index is 12.5. The molecule has 0 aliphatic heterocycles. The van der Waals surface area contributed by atoms with Gasteiger partial charge in [0.25, 0.3) is 0 Å².